The lowest BCUT2D eigenvalue weighted by Gasteiger charge is -2.13. The molecule has 6 aromatic rings. The smallest absolute Gasteiger partial charge is 0.298 e. The molecule has 0 aromatic heterocycles. The number of phenolic OH excluding ortho intramolecular Hbond substituents is 2. The zero-order valence-corrected chi connectivity index (χ0v) is 33.0. The van der Waals surface area contributed by atoms with Crippen molar-refractivity contribution < 1.29 is 71.6 Å². The molecule has 6 rings (SSSR count). The van der Waals surface area contributed by atoms with Crippen molar-refractivity contribution >= 4 is 90.5 Å². The van der Waals surface area contributed by atoms with Crippen molar-refractivity contribution in [2.45, 2.75) is 19.6 Å². The number of nitrogen functional groups attached to an aromatic ring is 1. The number of methoxy groups -OCH3 is 2. The van der Waals surface area contributed by atoms with E-state index in [0.29, 0.717) is 17.2 Å². The Balaban J connectivity index is 1.36. The van der Waals surface area contributed by atoms with Crippen molar-refractivity contribution in [3.05, 3.63) is 78.9 Å². The summed E-state index contributed by atoms with van der Waals surface area (Å²) in [5.74, 6) is -1.56. The van der Waals surface area contributed by atoms with Gasteiger partial charge in [-0.3, -0.25) is 18.2 Å². The van der Waals surface area contributed by atoms with E-state index >= 15 is 0 Å². The summed E-state index contributed by atoms with van der Waals surface area (Å²) in [5.41, 5.74) is 5.59. The van der Waals surface area contributed by atoms with Gasteiger partial charge < -0.3 is 25.4 Å². The Kier molecular flexibility index (Phi) is 10.8. The fourth-order valence-electron chi connectivity index (χ4n) is 5.84. The third-order valence-corrected chi connectivity index (χ3v) is 12.1. The van der Waals surface area contributed by atoms with Crippen LogP contribution in [0.5, 0.6) is 23.0 Å². The quantitative estimate of drug-likeness (QED) is 0.0415. The first-order valence-corrected chi connectivity index (χ1v) is 21.7. The Morgan fingerprint density at radius 1 is 0.508 bits per heavy atom. The van der Waals surface area contributed by atoms with E-state index in [4.69, 9.17) is 15.2 Å². The van der Waals surface area contributed by atoms with Crippen LogP contribution in [0.15, 0.2) is 119 Å². The lowest BCUT2D eigenvalue weighted by Crippen LogP contribution is -2.08. The van der Waals surface area contributed by atoms with E-state index in [9.17, 15) is 62.1 Å². The summed E-state index contributed by atoms with van der Waals surface area (Å²) in [5, 5.41) is 36.8. The van der Waals surface area contributed by atoms with Crippen LogP contribution in [0.4, 0.5) is 28.4 Å². The molecule has 25 heteroatoms. The normalized spacial score (nSPS) is 12.8. The standard InChI is InChI=1S/C34H27N5O16S4/c1-54-25-12-16(3-8-22(25)36-38-24-10-7-21-27(57(45,46)47)15-28(58(48,49)50)31(35)30(21)33(24)40)17-4-9-23(26(13-17)55-2)37-39-32-20-6-5-19(56(42,43)44)11-18(20)14-29(34(32)41)59(51,52)53/h3-15,40-41H,35H2,1-2H3,(H,42,43,44)(H,45,46,47)(H,48,49,50)(H,51,52,53). The zero-order chi connectivity index (χ0) is 43.4. The molecule has 0 atom stereocenters. The van der Waals surface area contributed by atoms with E-state index in [-0.39, 0.29) is 44.7 Å². The van der Waals surface area contributed by atoms with E-state index in [1.165, 1.54) is 32.4 Å². The minimum Gasteiger partial charge on any atom is -0.505 e. The topological polar surface area (TPSA) is 352 Å². The number of fused-ring (bicyclic) bond motifs is 2. The number of hydrogen-bond acceptors (Lipinski definition) is 17. The van der Waals surface area contributed by atoms with Crippen molar-refractivity contribution in [1.82, 2.24) is 0 Å². The largest absolute Gasteiger partial charge is 0.505 e. The molecule has 0 amide bonds. The van der Waals surface area contributed by atoms with Gasteiger partial charge in [-0.05, 0) is 71.1 Å². The summed E-state index contributed by atoms with van der Waals surface area (Å²) >= 11 is 0. The Labute approximate surface area is 333 Å². The Morgan fingerprint density at radius 3 is 1.51 bits per heavy atom. The monoisotopic (exact) mass is 889 g/mol. The molecule has 308 valence electrons. The predicted molar refractivity (Wildman–Crippen MR) is 208 cm³/mol. The SMILES string of the molecule is COc1cc(-c2ccc(N=Nc3c(O)c(S(=O)(=O)O)cc4cc(S(=O)(=O)O)ccc34)c(OC)c2)ccc1N=Nc1ccc2c(S(=O)(=O)O)cc(S(=O)(=O)O)c(N)c2c1O. The minimum atomic E-state index is -5.13. The van der Waals surface area contributed by atoms with Gasteiger partial charge in [0.15, 0.2) is 11.5 Å². The number of rotatable bonds is 11. The number of nitrogens with zero attached hydrogens (tertiary/aromatic N) is 4. The Bertz CT molecular complexity index is 3280. The number of aromatic hydroxyl groups is 2. The van der Waals surface area contributed by atoms with E-state index in [1.54, 1.807) is 18.2 Å². The van der Waals surface area contributed by atoms with Crippen LogP contribution in [0.25, 0.3) is 32.7 Å². The summed E-state index contributed by atoms with van der Waals surface area (Å²) in [6.45, 7) is 0. The molecule has 0 radical (unpaired) electrons. The fraction of sp³-hybridized carbons (Fsp3) is 0.0588. The average molecular weight is 890 g/mol. The molecule has 0 unspecified atom stereocenters. The molecule has 59 heavy (non-hydrogen) atoms. The van der Waals surface area contributed by atoms with Crippen LogP contribution in [0.2, 0.25) is 0 Å². The molecule has 0 saturated heterocycles. The van der Waals surface area contributed by atoms with E-state index < -0.39 is 88.3 Å². The number of ether oxygens (including phenoxy) is 2. The highest BCUT2D eigenvalue weighted by molar-refractivity contribution is 7.87. The highest BCUT2D eigenvalue weighted by Gasteiger charge is 2.27. The molecule has 0 aliphatic heterocycles. The first-order chi connectivity index (χ1) is 27.4. The molecule has 0 aliphatic rings. The van der Waals surface area contributed by atoms with Gasteiger partial charge in [-0.1, -0.05) is 24.3 Å². The summed E-state index contributed by atoms with van der Waals surface area (Å²) in [4.78, 5) is -3.66. The Morgan fingerprint density at radius 2 is 1.00 bits per heavy atom. The van der Waals surface area contributed by atoms with Crippen molar-refractivity contribution in [2.75, 3.05) is 20.0 Å². The van der Waals surface area contributed by atoms with E-state index in [2.05, 4.69) is 20.5 Å². The van der Waals surface area contributed by atoms with Gasteiger partial charge in [-0.2, -0.15) is 33.7 Å². The third kappa shape index (κ3) is 8.34. The highest BCUT2D eigenvalue weighted by Crippen LogP contribution is 2.46. The number of hydrogen-bond donors (Lipinski definition) is 7. The minimum absolute atomic E-state index is 0.00324. The van der Waals surface area contributed by atoms with E-state index in [1.807, 2.05) is 0 Å². The second kappa shape index (κ2) is 15.1. The van der Waals surface area contributed by atoms with Crippen LogP contribution >= 0.6 is 0 Å². The van der Waals surface area contributed by atoms with E-state index in [0.717, 1.165) is 36.4 Å². The number of nitrogens with two attached hydrogens (primary N) is 1. The maximum Gasteiger partial charge on any atom is 0.298 e. The highest BCUT2D eigenvalue weighted by atomic mass is 32.2. The van der Waals surface area contributed by atoms with Crippen molar-refractivity contribution in [2.24, 2.45) is 20.5 Å². The average Bonchev–Trinajstić information content (AvgIpc) is 3.15. The zero-order valence-electron chi connectivity index (χ0n) is 29.8. The molecule has 21 nitrogen and oxygen atoms in total. The third-order valence-electron chi connectivity index (χ3n) is 8.59. The predicted octanol–water partition coefficient (Wildman–Crippen LogP) is 6.49. The first kappa shape index (κ1) is 42.3. The van der Waals surface area contributed by atoms with Crippen LogP contribution in [0.3, 0.4) is 0 Å². The number of anilines is 1. The molecular formula is C34H27N5O16S4. The van der Waals surface area contributed by atoms with Crippen LogP contribution in [-0.2, 0) is 40.5 Å². The van der Waals surface area contributed by atoms with Gasteiger partial charge in [0.1, 0.15) is 48.9 Å². The van der Waals surface area contributed by atoms with Gasteiger partial charge in [0, 0.05) is 10.8 Å². The van der Waals surface area contributed by atoms with Crippen LogP contribution in [0.1, 0.15) is 0 Å². The summed E-state index contributed by atoms with van der Waals surface area (Å²) in [6, 6.07) is 15.6. The van der Waals surface area contributed by atoms with Crippen LogP contribution in [-0.4, -0.2) is 76.3 Å². The maximum atomic E-state index is 12.0. The molecule has 8 N–H and O–H groups in total. The van der Waals surface area contributed by atoms with Gasteiger partial charge >= 0.3 is 0 Å². The lowest BCUT2D eigenvalue weighted by molar-refractivity contribution is 0.415. The second-order valence-electron chi connectivity index (χ2n) is 12.2. The molecule has 0 spiro atoms. The van der Waals surface area contributed by atoms with Gasteiger partial charge in [0.2, 0.25) is 0 Å². The number of phenols is 2. The summed E-state index contributed by atoms with van der Waals surface area (Å²) in [6.07, 6.45) is 0. The van der Waals surface area contributed by atoms with Gasteiger partial charge in [0.25, 0.3) is 40.5 Å². The van der Waals surface area contributed by atoms with Gasteiger partial charge in [-0.15, -0.1) is 20.5 Å². The molecule has 6 aromatic carbocycles. The molecule has 0 aliphatic carbocycles. The molecule has 0 heterocycles. The molecule has 0 fully saturated rings. The van der Waals surface area contributed by atoms with Crippen LogP contribution in [0, 0.1) is 0 Å². The molecule has 0 bridgehead atoms. The van der Waals surface area contributed by atoms with Crippen LogP contribution < -0.4 is 15.2 Å². The van der Waals surface area contributed by atoms with Crippen molar-refractivity contribution in [3.63, 3.8) is 0 Å². The lowest BCUT2D eigenvalue weighted by atomic mass is 10.0. The molecular weight excluding hydrogens is 863 g/mol. The first-order valence-electron chi connectivity index (χ1n) is 15.9. The Hall–Kier alpha value is -6.32. The molecule has 0 saturated carbocycles. The van der Waals surface area contributed by atoms with Crippen molar-refractivity contribution in [1.29, 1.82) is 0 Å². The number of azo groups is 2. The second-order valence-corrected chi connectivity index (χ2v) is 17.8. The van der Waals surface area contributed by atoms with Crippen molar-refractivity contribution in [3.8, 4) is 34.1 Å². The summed E-state index contributed by atoms with van der Waals surface area (Å²) < 4.78 is 145. The summed E-state index contributed by atoms with van der Waals surface area (Å²) in [7, 11) is -17.3. The fourth-order valence-corrected chi connectivity index (χ4v) is 8.41. The van der Waals surface area contributed by atoms with Gasteiger partial charge in [-0.25, -0.2) is 0 Å². The maximum absolute atomic E-state index is 12.0. The number of benzene rings is 6. The van der Waals surface area contributed by atoms with Gasteiger partial charge in [0.05, 0.1) is 30.2 Å².